The van der Waals surface area contributed by atoms with Gasteiger partial charge in [0.05, 0.1) is 0 Å². The summed E-state index contributed by atoms with van der Waals surface area (Å²) in [4.78, 5) is 0. The van der Waals surface area contributed by atoms with Crippen LogP contribution >= 0.6 is 0 Å². The first-order valence-electron chi connectivity index (χ1n) is 6.12. The smallest absolute Gasteiger partial charge is 0.290 e. The predicted molar refractivity (Wildman–Crippen MR) is 68.3 cm³/mol. The Balaban J connectivity index is 2.40. The van der Waals surface area contributed by atoms with Gasteiger partial charge >= 0.3 is 0 Å². The van der Waals surface area contributed by atoms with Crippen LogP contribution in [0.25, 0.3) is 0 Å². The minimum atomic E-state index is 1.11. The lowest BCUT2D eigenvalue weighted by atomic mass is 9.73. The van der Waals surface area contributed by atoms with Gasteiger partial charge in [-0.15, -0.1) is 0 Å². The van der Waals surface area contributed by atoms with E-state index in [1.807, 2.05) is 0 Å². The molecule has 0 atom stereocenters. The molecule has 0 N–H and O–H groups in total. The molecule has 0 saturated carbocycles. The van der Waals surface area contributed by atoms with Gasteiger partial charge in [0.1, 0.15) is 0 Å². The molecule has 0 unspecified atom stereocenters. The standard InChI is InChI=1S/C9H21B3N3/c1-4-7-13-10-14(8-5-2)12-15(11-13)9-6-3/h4-9H2,1-3H3. The minimum Gasteiger partial charge on any atom is -0.365 e. The lowest BCUT2D eigenvalue weighted by Gasteiger charge is -2.39. The van der Waals surface area contributed by atoms with Crippen molar-refractivity contribution in [2.45, 2.75) is 40.0 Å². The summed E-state index contributed by atoms with van der Waals surface area (Å²) in [6.45, 7) is 9.97. The summed E-state index contributed by atoms with van der Waals surface area (Å²) in [6.07, 6.45) is 3.56. The zero-order chi connectivity index (χ0) is 11.1. The molecule has 0 bridgehead atoms. The van der Waals surface area contributed by atoms with Gasteiger partial charge in [0.25, 0.3) is 22.6 Å². The van der Waals surface area contributed by atoms with Gasteiger partial charge < -0.3 is 14.2 Å². The average molecular weight is 204 g/mol. The first kappa shape index (κ1) is 13.1. The summed E-state index contributed by atoms with van der Waals surface area (Å²) in [5, 5.41) is 0. The third-order valence-corrected chi connectivity index (χ3v) is 2.34. The van der Waals surface area contributed by atoms with Gasteiger partial charge in [-0.2, -0.15) is 0 Å². The molecular formula is C9H21B3N3. The summed E-state index contributed by atoms with van der Waals surface area (Å²) < 4.78 is 6.85. The molecule has 1 aliphatic heterocycles. The highest BCUT2D eigenvalue weighted by Gasteiger charge is 2.26. The van der Waals surface area contributed by atoms with E-state index in [1.165, 1.54) is 19.3 Å². The Morgan fingerprint density at radius 1 is 0.600 bits per heavy atom. The fraction of sp³-hybridized carbons (Fsp3) is 1.00. The van der Waals surface area contributed by atoms with Crippen LogP contribution in [0.5, 0.6) is 0 Å². The molecule has 3 nitrogen and oxygen atoms in total. The lowest BCUT2D eigenvalue weighted by molar-refractivity contribution is 0.471. The third-order valence-electron chi connectivity index (χ3n) is 2.34. The molecule has 1 aliphatic rings. The van der Waals surface area contributed by atoms with Crippen LogP contribution in [0.4, 0.5) is 0 Å². The van der Waals surface area contributed by atoms with Crippen LogP contribution in [0, 0.1) is 0 Å². The first-order valence-corrected chi connectivity index (χ1v) is 6.12. The van der Waals surface area contributed by atoms with Gasteiger partial charge in [0.15, 0.2) is 0 Å². The van der Waals surface area contributed by atoms with Gasteiger partial charge in [-0.1, -0.05) is 20.8 Å². The van der Waals surface area contributed by atoms with Crippen LogP contribution in [0.15, 0.2) is 0 Å². The summed E-state index contributed by atoms with van der Waals surface area (Å²) in [6, 6.07) is 0. The summed E-state index contributed by atoms with van der Waals surface area (Å²) in [7, 11) is 6.62. The SMILES string of the molecule is CCCN1[B]N(CCC)[B]N(CCC)[B]1. The molecule has 0 aliphatic carbocycles. The van der Waals surface area contributed by atoms with Gasteiger partial charge in [-0.05, 0) is 38.9 Å². The molecule has 81 valence electrons. The van der Waals surface area contributed by atoms with E-state index in [0.717, 1.165) is 19.6 Å². The van der Waals surface area contributed by atoms with Crippen molar-refractivity contribution in [2.24, 2.45) is 0 Å². The lowest BCUT2D eigenvalue weighted by Crippen LogP contribution is -2.61. The Kier molecular flexibility index (Phi) is 6.45. The maximum atomic E-state index is 2.28. The number of rotatable bonds is 6. The maximum Gasteiger partial charge on any atom is 0.290 e. The molecule has 1 rings (SSSR count). The highest BCUT2D eigenvalue weighted by atomic mass is 15.3. The quantitative estimate of drug-likeness (QED) is 0.590. The molecule has 0 aromatic carbocycles. The second-order valence-electron chi connectivity index (χ2n) is 4.06. The van der Waals surface area contributed by atoms with E-state index in [9.17, 15) is 0 Å². The van der Waals surface area contributed by atoms with Gasteiger partial charge in [-0.25, -0.2) is 0 Å². The molecule has 6 heteroatoms. The predicted octanol–water partition coefficient (Wildman–Crippen LogP) is 0.739. The fourth-order valence-electron chi connectivity index (χ4n) is 1.78. The molecule has 0 spiro atoms. The van der Waals surface area contributed by atoms with E-state index >= 15 is 0 Å². The monoisotopic (exact) mass is 204 g/mol. The molecule has 3 radical (unpaired) electrons. The Bertz CT molecular complexity index is 136. The number of nitrogens with zero attached hydrogens (tertiary/aromatic N) is 3. The maximum absolute atomic E-state index is 2.28. The summed E-state index contributed by atoms with van der Waals surface area (Å²) in [5.74, 6) is 0. The van der Waals surface area contributed by atoms with E-state index in [4.69, 9.17) is 0 Å². The molecule has 1 saturated heterocycles. The fourth-order valence-corrected chi connectivity index (χ4v) is 1.78. The number of hydrogen-bond donors (Lipinski definition) is 0. The molecule has 0 aromatic heterocycles. The largest absolute Gasteiger partial charge is 0.365 e. The zero-order valence-corrected chi connectivity index (χ0v) is 10.3. The van der Waals surface area contributed by atoms with Crippen molar-refractivity contribution >= 4 is 22.6 Å². The topological polar surface area (TPSA) is 9.72 Å². The van der Waals surface area contributed by atoms with Crippen LogP contribution < -0.4 is 0 Å². The van der Waals surface area contributed by atoms with Crippen molar-refractivity contribution in [1.29, 1.82) is 0 Å². The van der Waals surface area contributed by atoms with E-state index in [2.05, 4.69) is 57.6 Å². The molecule has 1 heterocycles. The van der Waals surface area contributed by atoms with Crippen molar-refractivity contribution in [3.8, 4) is 0 Å². The average Bonchev–Trinajstić information content (AvgIpc) is 2.19. The highest BCUT2D eigenvalue weighted by molar-refractivity contribution is 6.64. The van der Waals surface area contributed by atoms with E-state index in [-0.39, 0.29) is 0 Å². The van der Waals surface area contributed by atoms with Gasteiger partial charge in [-0.3, -0.25) is 0 Å². The highest BCUT2D eigenvalue weighted by Crippen LogP contribution is 2.03. The zero-order valence-electron chi connectivity index (χ0n) is 10.3. The molecule has 0 aromatic rings. The van der Waals surface area contributed by atoms with Crippen molar-refractivity contribution in [2.75, 3.05) is 19.6 Å². The van der Waals surface area contributed by atoms with E-state index < -0.39 is 0 Å². The van der Waals surface area contributed by atoms with E-state index in [1.54, 1.807) is 0 Å². The minimum absolute atomic E-state index is 1.11. The summed E-state index contributed by atoms with van der Waals surface area (Å²) >= 11 is 0. The molecule has 15 heavy (non-hydrogen) atoms. The van der Waals surface area contributed by atoms with Gasteiger partial charge in [0.2, 0.25) is 0 Å². The normalized spacial score (nSPS) is 19.4. The van der Waals surface area contributed by atoms with Crippen LogP contribution in [-0.2, 0) is 0 Å². The molecule has 1 fully saturated rings. The van der Waals surface area contributed by atoms with Crippen molar-refractivity contribution in [3.05, 3.63) is 0 Å². The van der Waals surface area contributed by atoms with Crippen molar-refractivity contribution in [1.82, 2.24) is 14.2 Å². The van der Waals surface area contributed by atoms with Crippen molar-refractivity contribution in [3.63, 3.8) is 0 Å². The molecule has 0 amide bonds. The first-order chi connectivity index (χ1) is 7.30. The van der Waals surface area contributed by atoms with Crippen LogP contribution in [0.1, 0.15) is 40.0 Å². The number of hydrogen-bond acceptors (Lipinski definition) is 3. The molecular weight excluding hydrogens is 183 g/mol. The van der Waals surface area contributed by atoms with Gasteiger partial charge in [0, 0.05) is 0 Å². The Hall–Kier alpha value is 0.0748. The Labute approximate surface area is 97.0 Å². The van der Waals surface area contributed by atoms with Crippen LogP contribution in [0.3, 0.4) is 0 Å². The van der Waals surface area contributed by atoms with E-state index in [0.29, 0.717) is 0 Å². The third kappa shape index (κ3) is 4.62. The van der Waals surface area contributed by atoms with Crippen LogP contribution in [0.2, 0.25) is 0 Å². The Morgan fingerprint density at radius 2 is 0.867 bits per heavy atom. The summed E-state index contributed by atoms with van der Waals surface area (Å²) in [5.41, 5.74) is 0. The second kappa shape index (κ2) is 7.36. The Morgan fingerprint density at radius 3 is 1.07 bits per heavy atom. The van der Waals surface area contributed by atoms with Crippen molar-refractivity contribution < 1.29 is 0 Å². The van der Waals surface area contributed by atoms with Crippen LogP contribution in [-0.4, -0.2) is 56.4 Å². The second-order valence-corrected chi connectivity index (χ2v) is 4.06.